The Kier molecular flexibility index (Phi) is 3.72. The standard InChI is InChI=1S/C17H18N4O2S/c1-11-19-21-15(22)9-13(18-17(21)24-11)10-20-8-4-6-12-5-3-7-14(23-2)16(12)20/h3,5,7,9H,4,6,8,10H2,1-2H3. The molecule has 0 amide bonds. The van der Waals surface area contributed by atoms with E-state index >= 15 is 0 Å². The van der Waals surface area contributed by atoms with E-state index in [4.69, 9.17) is 4.74 Å². The van der Waals surface area contributed by atoms with Gasteiger partial charge in [0.15, 0.2) is 0 Å². The molecule has 0 bridgehead atoms. The number of anilines is 1. The van der Waals surface area contributed by atoms with E-state index in [1.54, 1.807) is 13.2 Å². The summed E-state index contributed by atoms with van der Waals surface area (Å²) in [5, 5.41) is 5.03. The summed E-state index contributed by atoms with van der Waals surface area (Å²) in [4.78, 5) is 19.8. The first-order chi connectivity index (χ1) is 11.7. The van der Waals surface area contributed by atoms with Crippen LogP contribution in [-0.2, 0) is 13.0 Å². The molecule has 1 aromatic carbocycles. The van der Waals surface area contributed by atoms with Crippen LogP contribution in [0.4, 0.5) is 5.69 Å². The van der Waals surface area contributed by atoms with Crippen LogP contribution in [0.1, 0.15) is 22.7 Å². The van der Waals surface area contributed by atoms with Crippen LogP contribution < -0.4 is 15.2 Å². The summed E-state index contributed by atoms with van der Waals surface area (Å²) in [6.07, 6.45) is 2.13. The van der Waals surface area contributed by atoms with Gasteiger partial charge in [0, 0.05) is 12.6 Å². The van der Waals surface area contributed by atoms with E-state index in [9.17, 15) is 4.79 Å². The van der Waals surface area contributed by atoms with Crippen molar-refractivity contribution in [3.8, 4) is 5.75 Å². The third-order valence-corrected chi connectivity index (χ3v) is 5.07. The van der Waals surface area contributed by atoms with Crippen LogP contribution in [0.3, 0.4) is 0 Å². The Morgan fingerprint density at radius 2 is 2.25 bits per heavy atom. The fourth-order valence-corrected chi connectivity index (χ4v) is 4.02. The lowest BCUT2D eigenvalue weighted by Crippen LogP contribution is -2.30. The summed E-state index contributed by atoms with van der Waals surface area (Å²) in [6.45, 7) is 3.40. The van der Waals surface area contributed by atoms with E-state index in [1.807, 2.05) is 19.1 Å². The Hall–Kier alpha value is -2.41. The molecule has 0 aliphatic carbocycles. The second-order valence-corrected chi connectivity index (χ2v) is 7.05. The number of para-hydroxylation sites is 1. The summed E-state index contributed by atoms with van der Waals surface area (Å²) in [5.41, 5.74) is 3.04. The molecule has 3 aromatic rings. The lowest BCUT2D eigenvalue weighted by molar-refractivity contribution is 0.412. The highest BCUT2D eigenvalue weighted by Gasteiger charge is 2.22. The van der Waals surface area contributed by atoms with Crippen molar-refractivity contribution < 1.29 is 4.74 Å². The average molecular weight is 342 g/mol. The molecule has 1 aliphatic rings. The SMILES string of the molecule is COc1cccc2c1N(Cc1cc(=O)n3nc(C)sc3n1)CCC2. The zero-order valence-corrected chi connectivity index (χ0v) is 14.5. The third kappa shape index (κ3) is 2.54. The van der Waals surface area contributed by atoms with Gasteiger partial charge in [0.1, 0.15) is 10.8 Å². The molecule has 0 saturated heterocycles. The smallest absolute Gasteiger partial charge is 0.275 e. The molecular weight excluding hydrogens is 324 g/mol. The maximum atomic E-state index is 12.2. The number of aryl methyl sites for hydroxylation is 2. The maximum Gasteiger partial charge on any atom is 0.275 e. The molecule has 7 heteroatoms. The zero-order chi connectivity index (χ0) is 16.7. The molecule has 0 radical (unpaired) electrons. The lowest BCUT2D eigenvalue weighted by atomic mass is 10.0. The summed E-state index contributed by atoms with van der Waals surface area (Å²) >= 11 is 1.43. The van der Waals surface area contributed by atoms with Gasteiger partial charge in [0.25, 0.3) is 5.56 Å². The van der Waals surface area contributed by atoms with Crippen molar-refractivity contribution in [3.05, 3.63) is 50.9 Å². The Morgan fingerprint density at radius 1 is 1.38 bits per heavy atom. The number of hydrogen-bond donors (Lipinski definition) is 0. The van der Waals surface area contributed by atoms with Gasteiger partial charge in [0.2, 0.25) is 4.96 Å². The van der Waals surface area contributed by atoms with Crippen LogP contribution in [0, 0.1) is 6.92 Å². The minimum atomic E-state index is -0.128. The third-order valence-electron chi connectivity index (χ3n) is 4.24. The average Bonchev–Trinajstić information content (AvgIpc) is 2.95. The van der Waals surface area contributed by atoms with Gasteiger partial charge < -0.3 is 9.64 Å². The molecule has 24 heavy (non-hydrogen) atoms. The highest BCUT2D eigenvalue weighted by molar-refractivity contribution is 7.16. The van der Waals surface area contributed by atoms with Crippen molar-refractivity contribution >= 4 is 22.0 Å². The second-order valence-electron chi connectivity index (χ2n) is 5.89. The first-order valence-corrected chi connectivity index (χ1v) is 8.74. The van der Waals surface area contributed by atoms with E-state index in [-0.39, 0.29) is 5.56 Å². The van der Waals surface area contributed by atoms with E-state index in [2.05, 4.69) is 21.0 Å². The molecule has 124 valence electrons. The van der Waals surface area contributed by atoms with Crippen LogP contribution in [0.25, 0.3) is 4.96 Å². The van der Waals surface area contributed by atoms with Crippen molar-refractivity contribution in [2.75, 3.05) is 18.6 Å². The van der Waals surface area contributed by atoms with Crippen molar-refractivity contribution in [2.24, 2.45) is 0 Å². The normalized spacial score (nSPS) is 14.0. The van der Waals surface area contributed by atoms with Gasteiger partial charge in [-0.25, -0.2) is 4.98 Å². The predicted octanol–water partition coefficient (Wildman–Crippen LogP) is 2.42. The van der Waals surface area contributed by atoms with Crippen LogP contribution in [0.15, 0.2) is 29.1 Å². The number of aromatic nitrogens is 3. The van der Waals surface area contributed by atoms with Crippen molar-refractivity contribution in [2.45, 2.75) is 26.3 Å². The number of methoxy groups -OCH3 is 1. The molecule has 0 N–H and O–H groups in total. The van der Waals surface area contributed by atoms with Gasteiger partial charge in [-0.2, -0.15) is 9.61 Å². The molecular formula is C17H18N4O2S. The number of rotatable bonds is 3. The zero-order valence-electron chi connectivity index (χ0n) is 13.7. The molecule has 0 fully saturated rings. The molecule has 4 rings (SSSR count). The van der Waals surface area contributed by atoms with Gasteiger partial charge in [-0.05, 0) is 31.4 Å². The Balaban J connectivity index is 1.74. The fraction of sp³-hybridized carbons (Fsp3) is 0.353. The summed E-state index contributed by atoms with van der Waals surface area (Å²) in [5.74, 6) is 0.874. The van der Waals surface area contributed by atoms with Crippen LogP contribution >= 0.6 is 11.3 Å². The largest absolute Gasteiger partial charge is 0.495 e. The fourth-order valence-electron chi connectivity index (χ4n) is 3.25. The quantitative estimate of drug-likeness (QED) is 0.732. The first kappa shape index (κ1) is 15.1. The molecule has 2 aromatic heterocycles. The molecule has 0 spiro atoms. The maximum absolute atomic E-state index is 12.2. The minimum absolute atomic E-state index is 0.128. The minimum Gasteiger partial charge on any atom is -0.495 e. The Bertz CT molecular complexity index is 949. The number of fused-ring (bicyclic) bond motifs is 2. The molecule has 0 atom stereocenters. The van der Waals surface area contributed by atoms with Gasteiger partial charge in [0.05, 0.1) is 25.0 Å². The Labute approximate surface area is 143 Å². The number of hydrogen-bond acceptors (Lipinski definition) is 6. The predicted molar refractivity (Wildman–Crippen MR) is 94.2 cm³/mol. The lowest BCUT2D eigenvalue weighted by Gasteiger charge is -2.32. The van der Waals surface area contributed by atoms with Crippen molar-refractivity contribution in [1.29, 1.82) is 0 Å². The van der Waals surface area contributed by atoms with E-state index in [1.165, 1.54) is 21.4 Å². The number of ether oxygens (including phenoxy) is 1. The molecule has 6 nitrogen and oxygen atoms in total. The monoisotopic (exact) mass is 342 g/mol. The van der Waals surface area contributed by atoms with Gasteiger partial charge in [-0.15, -0.1) is 0 Å². The van der Waals surface area contributed by atoms with Crippen molar-refractivity contribution in [3.63, 3.8) is 0 Å². The summed E-state index contributed by atoms with van der Waals surface area (Å²) < 4.78 is 6.91. The van der Waals surface area contributed by atoms with E-state index in [0.717, 1.165) is 41.5 Å². The van der Waals surface area contributed by atoms with E-state index < -0.39 is 0 Å². The molecule has 1 aliphatic heterocycles. The summed E-state index contributed by atoms with van der Waals surface area (Å²) in [7, 11) is 1.69. The molecule has 0 saturated carbocycles. The van der Waals surface area contributed by atoms with E-state index in [0.29, 0.717) is 11.5 Å². The topological polar surface area (TPSA) is 59.7 Å². The number of nitrogens with zero attached hydrogens (tertiary/aromatic N) is 4. The van der Waals surface area contributed by atoms with Gasteiger partial charge in [-0.3, -0.25) is 4.79 Å². The molecule has 3 heterocycles. The summed E-state index contributed by atoms with van der Waals surface area (Å²) in [6, 6.07) is 7.73. The van der Waals surface area contributed by atoms with Crippen LogP contribution in [0.2, 0.25) is 0 Å². The highest BCUT2D eigenvalue weighted by atomic mass is 32.1. The van der Waals surface area contributed by atoms with Crippen LogP contribution in [0.5, 0.6) is 5.75 Å². The number of benzene rings is 1. The van der Waals surface area contributed by atoms with Crippen molar-refractivity contribution in [1.82, 2.24) is 14.6 Å². The second kappa shape index (κ2) is 5.90. The van der Waals surface area contributed by atoms with Crippen LogP contribution in [-0.4, -0.2) is 28.3 Å². The highest BCUT2D eigenvalue weighted by Crippen LogP contribution is 2.36. The molecule has 0 unspecified atom stereocenters. The van der Waals surface area contributed by atoms with Gasteiger partial charge >= 0.3 is 0 Å². The van der Waals surface area contributed by atoms with Gasteiger partial charge in [-0.1, -0.05) is 23.5 Å². The first-order valence-electron chi connectivity index (χ1n) is 7.93. The Morgan fingerprint density at radius 3 is 3.08 bits per heavy atom.